The molecule has 106 valence electrons. The highest BCUT2D eigenvalue weighted by Crippen LogP contribution is 2.16. The van der Waals surface area contributed by atoms with Gasteiger partial charge in [-0.05, 0) is 45.1 Å². The van der Waals surface area contributed by atoms with Crippen LogP contribution in [0.15, 0.2) is 0 Å². The zero-order chi connectivity index (χ0) is 13.6. The average molecular weight is 292 g/mol. The molecule has 1 heterocycles. The monoisotopic (exact) mass is 292 g/mol. The van der Waals surface area contributed by atoms with Gasteiger partial charge in [0.1, 0.15) is 0 Å². The molecule has 0 aliphatic carbocycles. The summed E-state index contributed by atoms with van der Waals surface area (Å²) < 4.78 is 11.6. The van der Waals surface area contributed by atoms with Crippen LogP contribution >= 0.6 is 11.8 Å². The van der Waals surface area contributed by atoms with Crippen LogP contribution in [0.25, 0.3) is 0 Å². The number of carbonyl (C=O) groups excluding carboxylic acids is 1. The molecule has 1 aliphatic heterocycles. The number of hydrogen-bond acceptors (Lipinski definition) is 3. The van der Waals surface area contributed by atoms with Crippen LogP contribution in [0.2, 0.25) is 0 Å². The Labute approximate surface area is 117 Å². The fourth-order valence-corrected chi connectivity index (χ4v) is 3.65. The molecule has 1 saturated heterocycles. The van der Waals surface area contributed by atoms with Crippen molar-refractivity contribution in [1.82, 2.24) is 10.6 Å². The molecule has 2 amide bonds. The lowest BCUT2D eigenvalue weighted by molar-refractivity contribution is 0.236. The van der Waals surface area contributed by atoms with Gasteiger partial charge in [-0.25, -0.2) is 4.79 Å². The first-order valence-electron chi connectivity index (χ1n) is 6.40. The van der Waals surface area contributed by atoms with Crippen molar-refractivity contribution in [1.29, 1.82) is 0 Å². The Kier molecular flexibility index (Phi) is 6.49. The van der Waals surface area contributed by atoms with Gasteiger partial charge in [-0.2, -0.15) is 11.8 Å². The molecule has 1 fully saturated rings. The quantitative estimate of drug-likeness (QED) is 0.829. The SMILES string of the molecule is CC(C)(C)[S@@](=O)CCNC(=O)NC1CCSCC1. The second kappa shape index (κ2) is 7.38. The van der Waals surface area contributed by atoms with Crippen molar-refractivity contribution in [3.63, 3.8) is 0 Å². The maximum absolute atomic E-state index is 11.8. The molecular formula is C12H24N2O2S2. The van der Waals surface area contributed by atoms with Crippen molar-refractivity contribution in [2.45, 2.75) is 44.4 Å². The van der Waals surface area contributed by atoms with Crippen molar-refractivity contribution >= 4 is 28.6 Å². The van der Waals surface area contributed by atoms with E-state index in [1.165, 1.54) is 0 Å². The largest absolute Gasteiger partial charge is 0.337 e. The van der Waals surface area contributed by atoms with E-state index in [2.05, 4.69) is 10.6 Å². The van der Waals surface area contributed by atoms with E-state index in [1.54, 1.807) is 0 Å². The number of amides is 2. The van der Waals surface area contributed by atoms with E-state index < -0.39 is 10.8 Å². The van der Waals surface area contributed by atoms with Crippen LogP contribution in [0, 0.1) is 0 Å². The Balaban J connectivity index is 2.15. The van der Waals surface area contributed by atoms with E-state index in [9.17, 15) is 9.00 Å². The number of urea groups is 1. The van der Waals surface area contributed by atoms with Crippen molar-refractivity contribution in [2.24, 2.45) is 0 Å². The van der Waals surface area contributed by atoms with Gasteiger partial charge in [0.15, 0.2) is 0 Å². The Morgan fingerprint density at radius 3 is 2.50 bits per heavy atom. The molecular weight excluding hydrogens is 268 g/mol. The fraction of sp³-hybridized carbons (Fsp3) is 0.917. The van der Waals surface area contributed by atoms with Crippen molar-refractivity contribution in [2.75, 3.05) is 23.8 Å². The highest BCUT2D eigenvalue weighted by atomic mass is 32.2. The van der Waals surface area contributed by atoms with Crippen LogP contribution < -0.4 is 10.6 Å². The Morgan fingerprint density at radius 2 is 1.94 bits per heavy atom. The zero-order valence-corrected chi connectivity index (χ0v) is 13.1. The molecule has 1 rings (SSSR count). The van der Waals surface area contributed by atoms with E-state index >= 15 is 0 Å². The van der Waals surface area contributed by atoms with Gasteiger partial charge in [-0.3, -0.25) is 4.21 Å². The van der Waals surface area contributed by atoms with Gasteiger partial charge in [-0.15, -0.1) is 0 Å². The maximum atomic E-state index is 11.8. The molecule has 0 unspecified atom stereocenters. The van der Waals surface area contributed by atoms with Gasteiger partial charge in [0, 0.05) is 33.9 Å². The molecule has 0 bridgehead atoms. The molecule has 0 aromatic heterocycles. The number of thioether (sulfide) groups is 1. The third kappa shape index (κ3) is 6.09. The first kappa shape index (κ1) is 15.8. The molecule has 0 aromatic rings. The highest BCUT2D eigenvalue weighted by Gasteiger charge is 2.19. The van der Waals surface area contributed by atoms with E-state index in [1.807, 2.05) is 32.5 Å². The van der Waals surface area contributed by atoms with Crippen LogP contribution in [-0.2, 0) is 10.8 Å². The predicted octanol–water partition coefficient (Wildman–Crippen LogP) is 1.73. The van der Waals surface area contributed by atoms with E-state index in [0.717, 1.165) is 24.3 Å². The lowest BCUT2D eigenvalue weighted by atomic mass is 10.2. The predicted molar refractivity (Wildman–Crippen MR) is 79.6 cm³/mol. The van der Waals surface area contributed by atoms with Crippen LogP contribution in [0.4, 0.5) is 4.79 Å². The average Bonchev–Trinajstić information content (AvgIpc) is 2.28. The van der Waals surface area contributed by atoms with Crippen LogP contribution in [0.5, 0.6) is 0 Å². The molecule has 6 heteroatoms. The lowest BCUT2D eigenvalue weighted by Crippen LogP contribution is -2.45. The summed E-state index contributed by atoms with van der Waals surface area (Å²) in [4.78, 5) is 11.6. The topological polar surface area (TPSA) is 58.2 Å². The minimum absolute atomic E-state index is 0.127. The minimum Gasteiger partial charge on any atom is -0.337 e. The smallest absolute Gasteiger partial charge is 0.315 e. The molecule has 4 nitrogen and oxygen atoms in total. The third-order valence-corrected chi connectivity index (χ3v) is 5.80. The summed E-state index contributed by atoms with van der Waals surface area (Å²) >= 11 is 1.94. The molecule has 1 atom stereocenters. The summed E-state index contributed by atoms with van der Waals surface area (Å²) in [6.07, 6.45) is 2.10. The Morgan fingerprint density at radius 1 is 1.33 bits per heavy atom. The summed E-state index contributed by atoms with van der Waals surface area (Å²) in [5.74, 6) is 2.76. The number of rotatable bonds is 4. The fourth-order valence-electron chi connectivity index (χ4n) is 1.64. The van der Waals surface area contributed by atoms with Gasteiger partial charge in [0.2, 0.25) is 0 Å². The Bertz CT molecular complexity index is 297. The first-order chi connectivity index (χ1) is 8.39. The number of hydrogen-bond donors (Lipinski definition) is 2. The molecule has 0 aromatic carbocycles. The van der Waals surface area contributed by atoms with E-state index in [0.29, 0.717) is 18.3 Å². The van der Waals surface area contributed by atoms with Gasteiger partial charge in [-0.1, -0.05) is 0 Å². The van der Waals surface area contributed by atoms with Crippen molar-refractivity contribution in [3.8, 4) is 0 Å². The van der Waals surface area contributed by atoms with E-state index in [-0.39, 0.29) is 10.8 Å². The Hall–Kier alpha value is -0.230. The first-order valence-corrected chi connectivity index (χ1v) is 8.87. The second-order valence-corrected chi connectivity index (χ2v) is 9.00. The molecule has 2 N–H and O–H groups in total. The zero-order valence-electron chi connectivity index (χ0n) is 11.5. The van der Waals surface area contributed by atoms with Crippen molar-refractivity contribution in [3.05, 3.63) is 0 Å². The number of nitrogens with one attached hydrogen (secondary N) is 2. The standard InChI is InChI=1S/C12H24N2O2S2/c1-12(2,3)18(16)9-6-13-11(15)14-10-4-7-17-8-5-10/h10H,4-9H2,1-3H3,(H2,13,14,15)/t18-/m0/s1. The highest BCUT2D eigenvalue weighted by molar-refractivity contribution is 7.99. The lowest BCUT2D eigenvalue weighted by Gasteiger charge is -2.23. The number of carbonyl (C=O) groups is 1. The molecule has 0 saturated carbocycles. The third-order valence-electron chi connectivity index (χ3n) is 2.81. The molecule has 1 aliphatic rings. The van der Waals surface area contributed by atoms with E-state index in [4.69, 9.17) is 0 Å². The van der Waals surface area contributed by atoms with Gasteiger partial charge >= 0.3 is 6.03 Å². The molecule has 0 spiro atoms. The summed E-state index contributed by atoms with van der Waals surface area (Å²) in [5, 5.41) is 5.75. The van der Waals surface area contributed by atoms with Crippen LogP contribution in [-0.4, -0.2) is 44.8 Å². The van der Waals surface area contributed by atoms with Crippen LogP contribution in [0.1, 0.15) is 33.6 Å². The normalized spacial score (nSPS) is 19.3. The van der Waals surface area contributed by atoms with Gasteiger partial charge in [0.25, 0.3) is 0 Å². The van der Waals surface area contributed by atoms with Crippen molar-refractivity contribution < 1.29 is 9.00 Å². The summed E-state index contributed by atoms with van der Waals surface area (Å²) in [7, 11) is -0.906. The second-order valence-electron chi connectivity index (χ2n) is 5.45. The molecule has 0 radical (unpaired) electrons. The van der Waals surface area contributed by atoms with Gasteiger partial charge < -0.3 is 10.6 Å². The van der Waals surface area contributed by atoms with Crippen LogP contribution in [0.3, 0.4) is 0 Å². The summed E-state index contributed by atoms with van der Waals surface area (Å²) in [6, 6.07) is 0.178. The van der Waals surface area contributed by atoms with Gasteiger partial charge in [0.05, 0.1) is 0 Å². The molecule has 18 heavy (non-hydrogen) atoms. The summed E-state index contributed by atoms with van der Waals surface area (Å²) in [6.45, 7) is 6.31. The maximum Gasteiger partial charge on any atom is 0.315 e. The summed E-state index contributed by atoms with van der Waals surface area (Å²) in [5.41, 5.74) is 0. The minimum atomic E-state index is -0.906.